The van der Waals surface area contributed by atoms with Crippen LogP contribution in [0.2, 0.25) is 0 Å². The average molecular weight is 276 g/mol. The predicted molar refractivity (Wildman–Crippen MR) is 77.1 cm³/mol. The molecular weight excluding hydrogens is 255 g/mol. The number of piperidine rings is 1. The summed E-state index contributed by atoms with van der Waals surface area (Å²) in [6, 6.07) is 5.99. The van der Waals surface area contributed by atoms with Crippen molar-refractivity contribution in [2.24, 2.45) is 5.92 Å². The van der Waals surface area contributed by atoms with Gasteiger partial charge in [0.05, 0.1) is 0 Å². The quantitative estimate of drug-likeness (QED) is 0.891. The molecule has 3 rings (SSSR count). The highest BCUT2D eigenvalue weighted by Crippen LogP contribution is 2.32. The van der Waals surface area contributed by atoms with Crippen molar-refractivity contribution < 1.29 is 9.18 Å². The van der Waals surface area contributed by atoms with Gasteiger partial charge in [0.2, 0.25) is 5.91 Å². The van der Waals surface area contributed by atoms with Crippen LogP contribution in [0.5, 0.6) is 0 Å². The Morgan fingerprint density at radius 2 is 2.05 bits per heavy atom. The minimum Gasteiger partial charge on any atom is -0.326 e. The number of nitrogens with one attached hydrogen (secondary N) is 2. The Bertz CT molecular complexity index is 505. The van der Waals surface area contributed by atoms with E-state index < -0.39 is 0 Å². The molecule has 0 saturated carbocycles. The second-order valence-electron chi connectivity index (χ2n) is 6.14. The van der Waals surface area contributed by atoms with Gasteiger partial charge in [0, 0.05) is 29.8 Å². The Balaban J connectivity index is 1.58. The molecule has 0 radical (unpaired) electrons. The maximum absolute atomic E-state index is 13.4. The normalized spacial score (nSPS) is 28.4. The van der Waals surface area contributed by atoms with E-state index in [4.69, 9.17) is 0 Å². The number of anilines is 1. The highest BCUT2D eigenvalue weighted by atomic mass is 19.1. The van der Waals surface area contributed by atoms with E-state index in [2.05, 4.69) is 10.6 Å². The first-order chi connectivity index (χ1) is 9.61. The first kappa shape index (κ1) is 13.6. The van der Waals surface area contributed by atoms with Crippen molar-refractivity contribution in [1.29, 1.82) is 0 Å². The predicted octanol–water partition coefficient (Wildman–Crippen LogP) is 2.99. The zero-order chi connectivity index (χ0) is 14.1. The molecule has 1 amide bonds. The summed E-state index contributed by atoms with van der Waals surface area (Å²) >= 11 is 0. The molecule has 2 atom stereocenters. The van der Waals surface area contributed by atoms with Crippen molar-refractivity contribution in [2.45, 2.75) is 51.1 Å². The highest BCUT2D eigenvalue weighted by molar-refractivity contribution is 5.91. The summed E-state index contributed by atoms with van der Waals surface area (Å²) in [7, 11) is 0. The minimum absolute atomic E-state index is 0.00463. The first-order valence-electron chi connectivity index (χ1n) is 7.43. The average Bonchev–Trinajstić information content (AvgIpc) is 2.74. The van der Waals surface area contributed by atoms with Gasteiger partial charge in [-0.15, -0.1) is 0 Å². The van der Waals surface area contributed by atoms with Gasteiger partial charge in [-0.1, -0.05) is 6.07 Å². The molecule has 2 aliphatic rings. The molecule has 2 fully saturated rings. The number of halogens is 1. The van der Waals surface area contributed by atoms with Gasteiger partial charge in [0.1, 0.15) is 5.82 Å². The van der Waals surface area contributed by atoms with Crippen molar-refractivity contribution in [3.63, 3.8) is 0 Å². The number of hydrogen-bond acceptors (Lipinski definition) is 2. The van der Waals surface area contributed by atoms with Crippen molar-refractivity contribution in [2.75, 3.05) is 5.32 Å². The fourth-order valence-electron chi connectivity index (χ4n) is 3.55. The summed E-state index contributed by atoms with van der Waals surface area (Å²) in [6.45, 7) is 1.69. The standard InChI is InChI=1S/C16H21FN2O/c1-10-14(17)3-2-4-15(10)19-16(20)9-11-7-12-5-6-13(8-11)18-12/h2-4,11-13,18H,5-9H2,1H3,(H,19,20). The number of carbonyl (C=O) groups is 1. The van der Waals surface area contributed by atoms with Gasteiger partial charge in [-0.25, -0.2) is 4.39 Å². The van der Waals surface area contributed by atoms with E-state index in [-0.39, 0.29) is 11.7 Å². The van der Waals surface area contributed by atoms with Gasteiger partial charge in [0.25, 0.3) is 0 Å². The lowest BCUT2D eigenvalue weighted by atomic mass is 9.89. The molecular formula is C16H21FN2O. The fourth-order valence-corrected chi connectivity index (χ4v) is 3.55. The van der Waals surface area contributed by atoms with Gasteiger partial charge in [0.15, 0.2) is 0 Å². The molecule has 108 valence electrons. The topological polar surface area (TPSA) is 41.1 Å². The van der Waals surface area contributed by atoms with Crippen LogP contribution in [-0.2, 0) is 4.79 Å². The van der Waals surface area contributed by atoms with Gasteiger partial charge >= 0.3 is 0 Å². The summed E-state index contributed by atoms with van der Waals surface area (Å²) in [5.74, 6) is 0.190. The molecule has 0 spiro atoms. The van der Waals surface area contributed by atoms with Crippen molar-refractivity contribution in [3.8, 4) is 0 Å². The molecule has 2 saturated heterocycles. The molecule has 4 heteroatoms. The maximum atomic E-state index is 13.4. The molecule has 0 aromatic heterocycles. The van der Waals surface area contributed by atoms with Crippen LogP contribution in [0, 0.1) is 18.7 Å². The minimum atomic E-state index is -0.275. The Morgan fingerprint density at radius 3 is 2.75 bits per heavy atom. The Labute approximate surface area is 118 Å². The second-order valence-corrected chi connectivity index (χ2v) is 6.14. The lowest BCUT2D eigenvalue weighted by molar-refractivity contribution is -0.117. The van der Waals surface area contributed by atoms with E-state index in [1.165, 1.54) is 18.9 Å². The summed E-state index contributed by atoms with van der Waals surface area (Å²) < 4.78 is 13.4. The number of benzene rings is 1. The lowest BCUT2D eigenvalue weighted by Gasteiger charge is -2.28. The summed E-state index contributed by atoms with van der Waals surface area (Å²) in [4.78, 5) is 12.1. The Morgan fingerprint density at radius 1 is 1.35 bits per heavy atom. The SMILES string of the molecule is Cc1c(F)cccc1NC(=O)CC1CC2CCC(C1)N2. The highest BCUT2D eigenvalue weighted by Gasteiger charge is 2.34. The van der Waals surface area contributed by atoms with Crippen LogP contribution in [-0.4, -0.2) is 18.0 Å². The van der Waals surface area contributed by atoms with E-state index in [1.807, 2.05) is 0 Å². The van der Waals surface area contributed by atoms with Crippen molar-refractivity contribution in [1.82, 2.24) is 5.32 Å². The molecule has 2 heterocycles. The van der Waals surface area contributed by atoms with E-state index >= 15 is 0 Å². The first-order valence-corrected chi connectivity index (χ1v) is 7.43. The number of amides is 1. The zero-order valence-electron chi connectivity index (χ0n) is 11.8. The van der Waals surface area contributed by atoms with Crippen LogP contribution >= 0.6 is 0 Å². The molecule has 2 bridgehead atoms. The van der Waals surface area contributed by atoms with Gasteiger partial charge in [-0.3, -0.25) is 4.79 Å². The Hall–Kier alpha value is -1.42. The van der Waals surface area contributed by atoms with E-state index in [0.717, 1.165) is 12.8 Å². The van der Waals surface area contributed by atoms with Gasteiger partial charge in [-0.05, 0) is 50.7 Å². The third kappa shape index (κ3) is 2.85. The van der Waals surface area contributed by atoms with Gasteiger partial charge in [-0.2, -0.15) is 0 Å². The molecule has 2 unspecified atom stereocenters. The molecule has 1 aromatic rings. The van der Waals surface area contributed by atoms with Crippen molar-refractivity contribution in [3.05, 3.63) is 29.6 Å². The lowest BCUT2D eigenvalue weighted by Crippen LogP contribution is -2.39. The van der Waals surface area contributed by atoms with Crippen LogP contribution in [0.15, 0.2) is 18.2 Å². The van der Waals surface area contributed by atoms with Crippen molar-refractivity contribution >= 4 is 11.6 Å². The number of hydrogen-bond donors (Lipinski definition) is 2. The Kier molecular flexibility index (Phi) is 3.74. The molecule has 20 heavy (non-hydrogen) atoms. The third-order valence-corrected chi connectivity index (χ3v) is 4.59. The fraction of sp³-hybridized carbons (Fsp3) is 0.562. The molecule has 2 N–H and O–H groups in total. The molecule has 1 aromatic carbocycles. The van der Waals surface area contributed by atoms with Crippen LogP contribution in [0.1, 0.15) is 37.7 Å². The van der Waals surface area contributed by atoms with Crippen LogP contribution in [0.3, 0.4) is 0 Å². The van der Waals surface area contributed by atoms with E-state index in [0.29, 0.717) is 35.7 Å². The number of carbonyl (C=O) groups excluding carboxylic acids is 1. The summed E-state index contributed by atoms with van der Waals surface area (Å²) in [5.41, 5.74) is 1.10. The summed E-state index contributed by atoms with van der Waals surface area (Å²) in [6.07, 6.45) is 5.21. The largest absolute Gasteiger partial charge is 0.326 e. The number of fused-ring (bicyclic) bond motifs is 2. The second kappa shape index (κ2) is 5.52. The third-order valence-electron chi connectivity index (χ3n) is 4.59. The van der Waals surface area contributed by atoms with Crippen LogP contribution in [0.4, 0.5) is 10.1 Å². The van der Waals surface area contributed by atoms with Gasteiger partial charge < -0.3 is 10.6 Å². The molecule has 0 aliphatic carbocycles. The van der Waals surface area contributed by atoms with E-state index in [9.17, 15) is 9.18 Å². The summed E-state index contributed by atoms with van der Waals surface area (Å²) in [5, 5.41) is 6.43. The molecule has 3 nitrogen and oxygen atoms in total. The smallest absolute Gasteiger partial charge is 0.224 e. The van der Waals surface area contributed by atoms with E-state index in [1.54, 1.807) is 19.1 Å². The molecule has 2 aliphatic heterocycles. The number of rotatable bonds is 3. The zero-order valence-corrected chi connectivity index (χ0v) is 11.8. The van der Waals surface area contributed by atoms with Crippen LogP contribution in [0.25, 0.3) is 0 Å². The maximum Gasteiger partial charge on any atom is 0.224 e. The van der Waals surface area contributed by atoms with Crippen LogP contribution < -0.4 is 10.6 Å². The monoisotopic (exact) mass is 276 g/mol.